The highest BCUT2D eigenvalue weighted by Crippen LogP contribution is 2.42. The summed E-state index contributed by atoms with van der Waals surface area (Å²) in [4.78, 5) is 13.2. The lowest BCUT2D eigenvalue weighted by molar-refractivity contribution is 0.0935. The van der Waals surface area contributed by atoms with Crippen molar-refractivity contribution in [1.82, 2.24) is 0 Å². The van der Waals surface area contributed by atoms with Gasteiger partial charge in [0.2, 0.25) is 0 Å². The van der Waals surface area contributed by atoms with Gasteiger partial charge in [0.1, 0.15) is 0 Å². The Bertz CT molecular complexity index is 821. The first kappa shape index (κ1) is 14.0. The summed E-state index contributed by atoms with van der Waals surface area (Å²) in [5.74, 6) is 0.335. The van der Waals surface area contributed by atoms with Crippen LogP contribution in [0.3, 0.4) is 0 Å². The normalized spacial score (nSPS) is 20.1. The van der Waals surface area contributed by atoms with Crippen LogP contribution in [0, 0.1) is 0 Å². The monoisotopic (exact) mass is 298 g/mol. The average molecular weight is 298 g/mol. The minimum absolute atomic E-state index is 0.103. The summed E-state index contributed by atoms with van der Waals surface area (Å²) in [6, 6.07) is 28.7. The molecule has 0 aliphatic heterocycles. The molecule has 23 heavy (non-hydrogen) atoms. The number of carbonyl (C=O) groups is 1. The van der Waals surface area contributed by atoms with E-state index in [0.717, 1.165) is 17.5 Å². The largest absolute Gasteiger partial charge is 0.293 e. The van der Waals surface area contributed by atoms with Crippen LogP contribution in [-0.2, 0) is 6.42 Å². The molecule has 0 N–H and O–H groups in total. The van der Waals surface area contributed by atoms with Crippen molar-refractivity contribution in [2.45, 2.75) is 18.3 Å². The maximum atomic E-state index is 13.2. The lowest BCUT2D eigenvalue weighted by Crippen LogP contribution is -2.28. The maximum Gasteiger partial charge on any atom is 0.171 e. The number of fused-ring (bicyclic) bond motifs is 1. The van der Waals surface area contributed by atoms with E-state index in [2.05, 4.69) is 42.5 Å². The molecule has 0 aromatic heterocycles. The topological polar surface area (TPSA) is 17.1 Å². The van der Waals surface area contributed by atoms with Gasteiger partial charge in [-0.25, -0.2) is 0 Å². The zero-order valence-electron chi connectivity index (χ0n) is 12.9. The maximum absolute atomic E-state index is 13.2. The lowest BCUT2D eigenvalue weighted by Gasteiger charge is -2.32. The van der Waals surface area contributed by atoms with E-state index >= 15 is 0 Å². The molecule has 0 fully saturated rings. The lowest BCUT2D eigenvalue weighted by atomic mass is 9.69. The Balaban J connectivity index is 1.87. The number of ketones is 1. The smallest absolute Gasteiger partial charge is 0.171 e. The first-order valence-corrected chi connectivity index (χ1v) is 8.06. The van der Waals surface area contributed by atoms with Gasteiger partial charge in [0.05, 0.1) is 5.92 Å². The molecule has 0 heterocycles. The van der Waals surface area contributed by atoms with E-state index in [9.17, 15) is 4.79 Å². The number of hydrogen-bond acceptors (Lipinski definition) is 1. The predicted octanol–water partition coefficient (Wildman–Crippen LogP) is 4.99. The van der Waals surface area contributed by atoms with Gasteiger partial charge in [-0.2, -0.15) is 0 Å². The standard InChI is InChI=1S/C22H18O/c23-22-19-14-8-7-13-18(19)15-20(16-9-3-1-4-10-16)21(22)17-11-5-2-6-12-17/h1-14,20-21H,15H2/t20-,21+/m1/s1. The molecule has 0 saturated carbocycles. The van der Waals surface area contributed by atoms with Crippen LogP contribution in [0.15, 0.2) is 84.9 Å². The molecule has 2 atom stereocenters. The summed E-state index contributed by atoms with van der Waals surface area (Å²) < 4.78 is 0. The van der Waals surface area contributed by atoms with Crippen LogP contribution in [0.2, 0.25) is 0 Å². The van der Waals surface area contributed by atoms with Crippen LogP contribution < -0.4 is 0 Å². The van der Waals surface area contributed by atoms with E-state index in [1.165, 1.54) is 11.1 Å². The number of rotatable bonds is 2. The highest BCUT2D eigenvalue weighted by Gasteiger charge is 2.36. The van der Waals surface area contributed by atoms with Crippen molar-refractivity contribution >= 4 is 5.78 Å². The SMILES string of the molecule is O=C1c2ccccc2C[C@H](c2ccccc2)[C@@H]1c1ccccc1. The zero-order chi connectivity index (χ0) is 15.6. The molecule has 112 valence electrons. The summed E-state index contributed by atoms with van der Waals surface area (Å²) in [5, 5.41) is 0. The van der Waals surface area contributed by atoms with Crippen LogP contribution >= 0.6 is 0 Å². The van der Waals surface area contributed by atoms with Crippen molar-refractivity contribution in [3.05, 3.63) is 107 Å². The Morgan fingerprint density at radius 2 is 1.22 bits per heavy atom. The molecule has 1 aliphatic carbocycles. The predicted molar refractivity (Wildman–Crippen MR) is 92.8 cm³/mol. The second-order valence-corrected chi connectivity index (χ2v) is 6.13. The third-order valence-corrected chi connectivity index (χ3v) is 4.79. The Labute approximate surface area is 136 Å². The van der Waals surface area contributed by atoms with Crippen molar-refractivity contribution in [2.24, 2.45) is 0 Å². The van der Waals surface area contributed by atoms with Gasteiger partial charge in [0, 0.05) is 11.5 Å². The summed E-state index contributed by atoms with van der Waals surface area (Å²) in [6.07, 6.45) is 0.908. The Kier molecular flexibility index (Phi) is 3.55. The van der Waals surface area contributed by atoms with Gasteiger partial charge >= 0.3 is 0 Å². The minimum Gasteiger partial charge on any atom is -0.293 e. The van der Waals surface area contributed by atoms with Gasteiger partial charge < -0.3 is 0 Å². The molecule has 0 radical (unpaired) electrons. The van der Waals surface area contributed by atoms with Crippen LogP contribution in [-0.4, -0.2) is 5.78 Å². The van der Waals surface area contributed by atoms with E-state index in [0.29, 0.717) is 0 Å². The summed E-state index contributed by atoms with van der Waals surface area (Å²) in [5.41, 5.74) is 4.40. The highest BCUT2D eigenvalue weighted by atomic mass is 16.1. The molecule has 1 aliphatic rings. The second-order valence-electron chi connectivity index (χ2n) is 6.13. The summed E-state index contributed by atoms with van der Waals surface area (Å²) in [6.45, 7) is 0. The van der Waals surface area contributed by atoms with Crippen LogP contribution in [0.5, 0.6) is 0 Å². The Morgan fingerprint density at radius 1 is 0.652 bits per heavy atom. The molecule has 3 aromatic rings. The number of hydrogen-bond donors (Lipinski definition) is 0. The van der Waals surface area contributed by atoms with Crippen molar-refractivity contribution in [3.8, 4) is 0 Å². The fourth-order valence-electron chi connectivity index (χ4n) is 3.70. The van der Waals surface area contributed by atoms with Crippen molar-refractivity contribution in [2.75, 3.05) is 0 Å². The molecule has 0 spiro atoms. The molecule has 4 rings (SSSR count). The van der Waals surface area contributed by atoms with Crippen molar-refractivity contribution in [1.29, 1.82) is 0 Å². The van der Waals surface area contributed by atoms with E-state index in [1.54, 1.807) is 0 Å². The molecule has 0 bridgehead atoms. The van der Waals surface area contributed by atoms with Crippen molar-refractivity contribution < 1.29 is 4.79 Å². The van der Waals surface area contributed by atoms with Gasteiger partial charge in [-0.3, -0.25) is 4.79 Å². The molecular weight excluding hydrogens is 280 g/mol. The van der Waals surface area contributed by atoms with Crippen LogP contribution in [0.4, 0.5) is 0 Å². The van der Waals surface area contributed by atoms with Crippen LogP contribution in [0.25, 0.3) is 0 Å². The number of benzene rings is 3. The van der Waals surface area contributed by atoms with Crippen molar-refractivity contribution in [3.63, 3.8) is 0 Å². The average Bonchev–Trinajstić information content (AvgIpc) is 2.63. The molecule has 0 amide bonds. The highest BCUT2D eigenvalue weighted by molar-refractivity contribution is 6.04. The first-order valence-electron chi connectivity index (χ1n) is 8.06. The van der Waals surface area contributed by atoms with E-state index in [4.69, 9.17) is 0 Å². The second kappa shape index (κ2) is 5.85. The Morgan fingerprint density at radius 3 is 1.91 bits per heavy atom. The van der Waals surface area contributed by atoms with E-state index in [-0.39, 0.29) is 17.6 Å². The molecular formula is C22H18O. The third-order valence-electron chi connectivity index (χ3n) is 4.79. The minimum atomic E-state index is -0.103. The zero-order valence-corrected chi connectivity index (χ0v) is 12.9. The van der Waals surface area contributed by atoms with E-state index in [1.807, 2.05) is 42.5 Å². The number of Topliss-reactive ketones (excluding diaryl/α,β-unsaturated/α-hetero) is 1. The van der Waals surface area contributed by atoms with Crippen LogP contribution in [0.1, 0.15) is 38.9 Å². The molecule has 1 nitrogen and oxygen atoms in total. The molecule has 0 saturated heterocycles. The van der Waals surface area contributed by atoms with Gasteiger partial charge in [-0.15, -0.1) is 0 Å². The Hall–Kier alpha value is -2.67. The van der Waals surface area contributed by atoms with Gasteiger partial charge in [-0.1, -0.05) is 84.9 Å². The first-order chi connectivity index (χ1) is 11.3. The molecule has 3 aromatic carbocycles. The summed E-state index contributed by atoms with van der Waals surface area (Å²) in [7, 11) is 0. The fourth-order valence-corrected chi connectivity index (χ4v) is 3.70. The fraction of sp³-hybridized carbons (Fsp3) is 0.136. The summed E-state index contributed by atoms with van der Waals surface area (Å²) >= 11 is 0. The van der Waals surface area contributed by atoms with Gasteiger partial charge in [0.25, 0.3) is 0 Å². The molecule has 1 heteroatoms. The van der Waals surface area contributed by atoms with E-state index < -0.39 is 0 Å². The molecule has 0 unspecified atom stereocenters. The quantitative estimate of drug-likeness (QED) is 0.651. The number of carbonyl (C=O) groups excluding carboxylic acids is 1. The third kappa shape index (κ3) is 2.49. The van der Waals surface area contributed by atoms with Gasteiger partial charge in [-0.05, 0) is 23.1 Å². The van der Waals surface area contributed by atoms with Gasteiger partial charge in [0.15, 0.2) is 5.78 Å².